The van der Waals surface area contributed by atoms with Crippen LogP contribution < -0.4 is 10.6 Å². The van der Waals surface area contributed by atoms with Gasteiger partial charge in [-0.1, -0.05) is 18.7 Å². The third kappa shape index (κ3) is 4.60. The van der Waals surface area contributed by atoms with Crippen molar-refractivity contribution in [2.75, 3.05) is 19.8 Å². The minimum absolute atomic E-state index is 0.0525. The van der Waals surface area contributed by atoms with Gasteiger partial charge in [0.2, 0.25) is 11.8 Å². The Morgan fingerprint density at radius 1 is 1.17 bits per heavy atom. The van der Waals surface area contributed by atoms with E-state index < -0.39 is 0 Å². The summed E-state index contributed by atoms with van der Waals surface area (Å²) in [6.07, 6.45) is 7.98. The molecule has 8 nitrogen and oxygen atoms in total. The maximum atomic E-state index is 12.4. The van der Waals surface area contributed by atoms with Gasteiger partial charge in [-0.3, -0.25) is 15.0 Å². The van der Waals surface area contributed by atoms with E-state index in [0.29, 0.717) is 11.1 Å². The lowest BCUT2D eigenvalue weighted by Crippen LogP contribution is -2.61. The predicted octanol–water partition coefficient (Wildman–Crippen LogP) is 2.97. The fourth-order valence-electron chi connectivity index (χ4n) is 6.00. The maximum absolute atomic E-state index is 12.4. The molecule has 1 atom stereocenters. The summed E-state index contributed by atoms with van der Waals surface area (Å²) in [6.45, 7) is 2.05. The number of aromatic nitrogens is 2. The highest BCUT2D eigenvalue weighted by molar-refractivity contribution is 7.99. The average molecular weight is 422 g/mol. The molecule has 29 heavy (non-hydrogen) atoms. The number of nitrogens with zero attached hydrogens (tertiary/aromatic N) is 3. The Morgan fingerprint density at radius 2 is 1.79 bits per heavy atom. The van der Waals surface area contributed by atoms with Crippen molar-refractivity contribution in [1.29, 1.82) is 0 Å². The van der Waals surface area contributed by atoms with Crippen molar-refractivity contribution in [2.24, 2.45) is 17.8 Å². The molecule has 0 unspecified atom stereocenters. The van der Waals surface area contributed by atoms with Gasteiger partial charge < -0.3 is 9.73 Å². The fraction of sp³-hybridized carbons (Fsp3) is 0.800. The van der Waals surface area contributed by atoms with Crippen molar-refractivity contribution in [2.45, 2.75) is 68.7 Å². The molecule has 5 rings (SSSR count). The van der Waals surface area contributed by atoms with Gasteiger partial charge in [0.25, 0.3) is 5.22 Å². The molecule has 0 aliphatic heterocycles. The lowest BCUT2D eigenvalue weighted by molar-refractivity contribution is -0.117. The zero-order valence-electron chi connectivity index (χ0n) is 17.4. The molecule has 4 bridgehead atoms. The largest absolute Gasteiger partial charge is 0.414 e. The summed E-state index contributed by atoms with van der Waals surface area (Å²) in [5, 5.41) is 14.1. The number of carbonyl (C=O) groups is 2. The maximum Gasteiger partial charge on any atom is 0.321 e. The second kappa shape index (κ2) is 8.26. The Hall–Kier alpha value is -1.61. The number of hydrogen-bond acceptors (Lipinski definition) is 7. The van der Waals surface area contributed by atoms with Gasteiger partial charge in [0, 0.05) is 5.54 Å². The van der Waals surface area contributed by atoms with Crippen LogP contribution in [-0.4, -0.2) is 52.4 Å². The van der Waals surface area contributed by atoms with Crippen LogP contribution in [0, 0.1) is 17.8 Å². The molecule has 4 saturated carbocycles. The minimum atomic E-state index is -0.373. The number of nitrogens with one attached hydrogen (secondary N) is 2. The Balaban J connectivity index is 1.25. The molecule has 1 aromatic rings. The first-order chi connectivity index (χ1) is 13.9. The summed E-state index contributed by atoms with van der Waals surface area (Å²) in [6, 6.07) is -0.320. The van der Waals surface area contributed by atoms with E-state index in [1.54, 1.807) is 0 Å². The molecule has 0 saturated heterocycles. The van der Waals surface area contributed by atoms with E-state index in [0.717, 1.165) is 55.2 Å². The summed E-state index contributed by atoms with van der Waals surface area (Å²) in [4.78, 5) is 26.7. The van der Waals surface area contributed by atoms with E-state index in [1.165, 1.54) is 19.3 Å². The first-order valence-electron chi connectivity index (χ1n) is 10.6. The number of hydrogen-bond donors (Lipinski definition) is 2. The van der Waals surface area contributed by atoms with E-state index in [-0.39, 0.29) is 29.3 Å². The molecule has 9 heteroatoms. The number of imide groups is 1. The molecule has 4 aliphatic carbocycles. The zero-order chi connectivity index (χ0) is 20.6. The third-order valence-electron chi connectivity index (χ3n) is 6.71. The monoisotopic (exact) mass is 421 g/mol. The van der Waals surface area contributed by atoms with Crippen LogP contribution in [0.25, 0.3) is 0 Å². The van der Waals surface area contributed by atoms with Crippen LogP contribution in [0.1, 0.15) is 63.8 Å². The summed E-state index contributed by atoms with van der Waals surface area (Å²) >= 11 is 1.15. The Labute approximate surface area is 175 Å². The van der Waals surface area contributed by atoms with E-state index in [9.17, 15) is 9.59 Å². The second-order valence-corrected chi connectivity index (χ2v) is 10.2. The van der Waals surface area contributed by atoms with Gasteiger partial charge in [0.15, 0.2) is 0 Å². The highest BCUT2D eigenvalue weighted by Crippen LogP contribution is 2.55. The summed E-state index contributed by atoms with van der Waals surface area (Å²) in [7, 11) is 3.92. The van der Waals surface area contributed by atoms with Crippen molar-refractivity contribution in [3.8, 4) is 0 Å². The van der Waals surface area contributed by atoms with Crippen LogP contribution in [0.5, 0.6) is 0 Å². The number of carbonyl (C=O) groups excluding carboxylic acids is 2. The van der Waals surface area contributed by atoms with Gasteiger partial charge in [-0.05, 0) is 76.8 Å². The SMILES string of the molecule is CC[C@H](c1nnc(SCC(=O)NC(=O)NC23CC4CC(CC(C4)C2)C3)o1)N(C)C. The second-order valence-electron chi connectivity index (χ2n) is 9.28. The van der Waals surface area contributed by atoms with Crippen molar-refractivity contribution < 1.29 is 14.0 Å². The molecular formula is C20H31N5O3S. The molecule has 3 amide bonds. The minimum Gasteiger partial charge on any atom is -0.414 e. The van der Waals surface area contributed by atoms with E-state index in [1.807, 2.05) is 19.0 Å². The molecule has 4 aliphatic rings. The van der Waals surface area contributed by atoms with E-state index >= 15 is 0 Å². The molecule has 0 spiro atoms. The van der Waals surface area contributed by atoms with Crippen LogP contribution in [0.15, 0.2) is 9.64 Å². The Kier molecular flexibility index (Phi) is 5.88. The molecule has 160 valence electrons. The number of amides is 3. The van der Waals surface area contributed by atoms with Crippen LogP contribution in [-0.2, 0) is 4.79 Å². The summed E-state index contributed by atoms with van der Waals surface area (Å²) in [5.74, 6) is 2.49. The van der Waals surface area contributed by atoms with E-state index in [4.69, 9.17) is 4.42 Å². The van der Waals surface area contributed by atoms with Gasteiger partial charge in [-0.25, -0.2) is 4.79 Å². The molecule has 2 N–H and O–H groups in total. The quantitative estimate of drug-likeness (QED) is 0.653. The van der Waals surface area contributed by atoms with Crippen LogP contribution >= 0.6 is 11.8 Å². The first kappa shape index (κ1) is 20.7. The molecule has 1 heterocycles. The summed E-state index contributed by atoms with van der Waals surface area (Å²) < 4.78 is 5.66. The van der Waals surface area contributed by atoms with Crippen molar-refractivity contribution in [1.82, 2.24) is 25.7 Å². The fourth-order valence-corrected chi connectivity index (χ4v) is 6.57. The standard InChI is InChI=1S/C20H31N5O3S/c1-4-15(25(2)3)17-23-24-19(28-17)29-11-16(26)21-18(27)22-20-8-12-5-13(9-20)7-14(6-12)10-20/h12-15H,4-11H2,1-3H3,(H2,21,22,26,27)/t12?,13?,14?,15-,20?/m1/s1. The molecule has 4 fully saturated rings. The number of thioether (sulfide) groups is 1. The van der Waals surface area contributed by atoms with Gasteiger partial charge in [-0.2, -0.15) is 0 Å². The van der Waals surface area contributed by atoms with Crippen LogP contribution in [0.4, 0.5) is 4.79 Å². The van der Waals surface area contributed by atoms with Crippen molar-refractivity contribution >= 4 is 23.7 Å². The summed E-state index contributed by atoms with van der Waals surface area (Å²) in [5.41, 5.74) is -0.102. The number of rotatable bonds is 7. The topological polar surface area (TPSA) is 100 Å². The average Bonchev–Trinajstić information content (AvgIpc) is 3.07. The van der Waals surface area contributed by atoms with Gasteiger partial charge in [-0.15, -0.1) is 10.2 Å². The number of urea groups is 1. The van der Waals surface area contributed by atoms with Gasteiger partial charge in [0.1, 0.15) is 0 Å². The van der Waals surface area contributed by atoms with Crippen molar-refractivity contribution in [3.63, 3.8) is 0 Å². The van der Waals surface area contributed by atoms with Crippen LogP contribution in [0.3, 0.4) is 0 Å². The van der Waals surface area contributed by atoms with Gasteiger partial charge in [0.05, 0.1) is 11.8 Å². The van der Waals surface area contributed by atoms with E-state index in [2.05, 4.69) is 27.8 Å². The lowest BCUT2D eigenvalue weighted by Gasteiger charge is -2.56. The predicted molar refractivity (Wildman–Crippen MR) is 109 cm³/mol. The van der Waals surface area contributed by atoms with Crippen LogP contribution in [0.2, 0.25) is 0 Å². The first-order valence-corrected chi connectivity index (χ1v) is 11.6. The molecule has 0 radical (unpaired) electrons. The lowest BCUT2D eigenvalue weighted by atomic mass is 9.53. The Morgan fingerprint density at radius 3 is 2.34 bits per heavy atom. The van der Waals surface area contributed by atoms with Gasteiger partial charge >= 0.3 is 6.03 Å². The smallest absolute Gasteiger partial charge is 0.321 e. The Bertz CT molecular complexity index is 730. The normalized spacial score (nSPS) is 31.1. The zero-order valence-corrected chi connectivity index (χ0v) is 18.3. The molecule has 1 aromatic heterocycles. The highest BCUT2D eigenvalue weighted by atomic mass is 32.2. The highest BCUT2D eigenvalue weighted by Gasteiger charge is 2.51. The third-order valence-corrected chi connectivity index (χ3v) is 7.53. The molecular weight excluding hydrogens is 390 g/mol. The van der Waals surface area contributed by atoms with Crippen molar-refractivity contribution in [3.05, 3.63) is 5.89 Å². The molecule has 0 aromatic carbocycles.